The van der Waals surface area contributed by atoms with E-state index in [0.29, 0.717) is 5.88 Å². The number of carbonyl (C=O) groups is 1. The smallest absolute Gasteiger partial charge is 0.326 e. The van der Waals surface area contributed by atoms with Gasteiger partial charge in [-0.3, -0.25) is 0 Å². The number of rotatable bonds is 5. The number of ether oxygens (including phenoxy) is 1. The Morgan fingerprint density at radius 3 is 2.35 bits per heavy atom. The van der Waals surface area contributed by atoms with Crippen molar-refractivity contribution in [1.29, 1.82) is 0 Å². The number of hydrogen-bond donors (Lipinski definition) is 2. The average Bonchev–Trinajstić information content (AvgIpc) is 2.64. The number of carboxylic acid groups (broad SMARTS) is 1. The second-order valence-electron chi connectivity index (χ2n) is 5.73. The van der Waals surface area contributed by atoms with Gasteiger partial charge in [-0.25, -0.2) is 4.79 Å². The SMILES string of the molecule is C=C(NC(C(=O)O)C(C)(C)C)OC1CCCC1. The van der Waals surface area contributed by atoms with Crippen molar-refractivity contribution in [2.75, 3.05) is 0 Å². The fraction of sp³-hybridized carbons (Fsp3) is 0.769. The fourth-order valence-corrected chi connectivity index (χ4v) is 2.05. The Morgan fingerprint density at radius 2 is 1.94 bits per heavy atom. The lowest BCUT2D eigenvalue weighted by Gasteiger charge is -2.30. The molecule has 0 saturated heterocycles. The van der Waals surface area contributed by atoms with Crippen LogP contribution in [0.5, 0.6) is 0 Å². The molecule has 98 valence electrons. The summed E-state index contributed by atoms with van der Waals surface area (Å²) in [7, 11) is 0. The molecule has 1 aliphatic rings. The number of carboxylic acids is 1. The van der Waals surface area contributed by atoms with Gasteiger partial charge < -0.3 is 15.2 Å². The summed E-state index contributed by atoms with van der Waals surface area (Å²) in [4.78, 5) is 11.2. The van der Waals surface area contributed by atoms with Crippen molar-refractivity contribution in [3.05, 3.63) is 12.5 Å². The number of hydrogen-bond acceptors (Lipinski definition) is 3. The zero-order chi connectivity index (χ0) is 13.1. The molecule has 0 amide bonds. The minimum Gasteiger partial charge on any atom is -0.480 e. The monoisotopic (exact) mass is 241 g/mol. The maximum absolute atomic E-state index is 11.2. The molecule has 1 unspecified atom stereocenters. The van der Waals surface area contributed by atoms with E-state index in [2.05, 4.69) is 11.9 Å². The Kier molecular flexibility index (Phi) is 4.43. The Labute approximate surface area is 103 Å². The first-order valence-corrected chi connectivity index (χ1v) is 6.15. The van der Waals surface area contributed by atoms with Crippen LogP contribution in [0.15, 0.2) is 12.5 Å². The van der Waals surface area contributed by atoms with Crippen molar-refractivity contribution in [3.8, 4) is 0 Å². The van der Waals surface area contributed by atoms with Gasteiger partial charge in [0.05, 0.1) is 0 Å². The summed E-state index contributed by atoms with van der Waals surface area (Å²) >= 11 is 0. The molecule has 1 rings (SSSR count). The van der Waals surface area contributed by atoms with Crippen LogP contribution >= 0.6 is 0 Å². The van der Waals surface area contributed by atoms with Gasteiger partial charge in [0.2, 0.25) is 0 Å². The molecule has 17 heavy (non-hydrogen) atoms. The molecular weight excluding hydrogens is 218 g/mol. The second kappa shape index (κ2) is 5.43. The van der Waals surface area contributed by atoms with E-state index < -0.39 is 12.0 Å². The van der Waals surface area contributed by atoms with Gasteiger partial charge in [-0.1, -0.05) is 20.8 Å². The first-order valence-electron chi connectivity index (χ1n) is 6.15. The van der Waals surface area contributed by atoms with E-state index in [1.165, 1.54) is 12.8 Å². The van der Waals surface area contributed by atoms with Crippen LogP contribution in [0.4, 0.5) is 0 Å². The van der Waals surface area contributed by atoms with Crippen LogP contribution in [0.1, 0.15) is 46.5 Å². The third-order valence-corrected chi connectivity index (χ3v) is 3.03. The number of nitrogens with one attached hydrogen (secondary N) is 1. The highest BCUT2D eigenvalue weighted by molar-refractivity contribution is 5.74. The molecule has 1 atom stereocenters. The highest BCUT2D eigenvalue weighted by Gasteiger charge is 2.32. The van der Waals surface area contributed by atoms with E-state index in [0.717, 1.165) is 12.8 Å². The van der Waals surface area contributed by atoms with E-state index in [1.807, 2.05) is 20.8 Å². The second-order valence-corrected chi connectivity index (χ2v) is 5.73. The lowest BCUT2D eigenvalue weighted by Crippen LogP contribution is -2.46. The summed E-state index contributed by atoms with van der Waals surface area (Å²) in [6, 6.07) is -0.684. The van der Waals surface area contributed by atoms with Crippen molar-refractivity contribution >= 4 is 5.97 Å². The molecule has 0 heterocycles. The minimum atomic E-state index is -0.881. The molecule has 1 aliphatic carbocycles. The Hall–Kier alpha value is -1.19. The lowest BCUT2D eigenvalue weighted by atomic mass is 9.87. The maximum atomic E-state index is 11.2. The predicted octanol–water partition coefficient (Wildman–Crippen LogP) is 2.51. The summed E-state index contributed by atoms with van der Waals surface area (Å²) < 4.78 is 5.62. The van der Waals surface area contributed by atoms with Crippen LogP contribution in [0.25, 0.3) is 0 Å². The lowest BCUT2D eigenvalue weighted by molar-refractivity contribution is -0.142. The van der Waals surface area contributed by atoms with Crippen molar-refractivity contribution in [2.45, 2.75) is 58.6 Å². The summed E-state index contributed by atoms with van der Waals surface area (Å²) in [5.41, 5.74) is -0.381. The van der Waals surface area contributed by atoms with E-state index in [4.69, 9.17) is 9.84 Å². The van der Waals surface area contributed by atoms with Gasteiger partial charge in [-0.05, 0) is 37.7 Å². The van der Waals surface area contributed by atoms with Gasteiger partial charge in [0.25, 0.3) is 0 Å². The van der Waals surface area contributed by atoms with Crippen molar-refractivity contribution in [3.63, 3.8) is 0 Å². The molecule has 0 bridgehead atoms. The van der Waals surface area contributed by atoms with Gasteiger partial charge in [0.1, 0.15) is 12.1 Å². The molecule has 0 aromatic carbocycles. The molecule has 1 saturated carbocycles. The molecule has 4 nitrogen and oxygen atoms in total. The maximum Gasteiger partial charge on any atom is 0.326 e. The average molecular weight is 241 g/mol. The first kappa shape index (κ1) is 13.9. The zero-order valence-electron chi connectivity index (χ0n) is 11.0. The molecule has 0 aliphatic heterocycles. The largest absolute Gasteiger partial charge is 0.480 e. The highest BCUT2D eigenvalue weighted by Crippen LogP contribution is 2.24. The van der Waals surface area contributed by atoms with Crippen LogP contribution in [-0.4, -0.2) is 23.2 Å². The van der Waals surface area contributed by atoms with Crippen molar-refractivity contribution in [1.82, 2.24) is 5.32 Å². The third-order valence-electron chi connectivity index (χ3n) is 3.03. The van der Waals surface area contributed by atoms with Crippen LogP contribution in [-0.2, 0) is 9.53 Å². The molecular formula is C13H23NO3. The van der Waals surface area contributed by atoms with E-state index >= 15 is 0 Å². The predicted molar refractivity (Wildman–Crippen MR) is 66.5 cm³/mol. The van der Waals surface area contributed by atoms with Crippen LogP contribution in [0.2, 0.25) is 0 Å². The fourth-order valence-electron chi connectivity index (χ4n) is 2.05. The van der Waals surface area contributed by atoms with Crippen LogP contribution < -0.4 is 5.32 Å². The zero-order valence-corrected chi connectivity index (χ0v) is 11.0. The summed E-state index contributed by atoms with van der Waals surface area (Å²) in [5, 5.41) is 12.0. The van der Waals surface area contributed by atoms with Gasteiger partial charge >= 0.3 is 5.97 Å². The summed E-state index contributed by atoms with van der Waals surface area (Å²) in [5.74, 6) is -0.507. The quantitative estimate of drug-likeness (QED) is 0.726. The van der Waals surface area contributed by atoms with Gasteiger partial charge in [-0.15, -0.1) is 0 Å². The third kappa shape index (κ3) is 4.29. The standard InChI is InChI=1S/C13H23NO3/c1-9(17-10-7-5-6-8-10)14-11(12(15)16)13(2,3)4/h10-11,14H,1,5-8H2,2-4H3,(H,15,16). The Bertz CT molecular complexity index is 288. The van der Waals surface area contributed by atoms with Gasteiger partial charge in [0.15, 0.2) is 5.88 Å². The van der Waals surface area contributed by atoms with Crippen molar-refractivity contribution in [2.24, 2.45) is 5.41 Å². The molecule has 0 radical (unpaired) electrons. The van der Waals surface area contributed by atoms with E-state index in [-0.39, 0.29) is 11.5 Å². The van der Waals surface area contributed by atoms with E-state index in [9.17, 15) is 4.79 Å². The Balaban J connectivity index is 2.49. The normalized spacial score (nSPS) is 18.8. The minimum absolute atomic E-state index is 0.199. The van der Waals surface area contributed by atoms with Crippen LogP contribution in [0, 0.1) is 5.41 Å². The topological polar surface area (TPSA) is 58.6 Å². The molecule has 1 fully saturated rings. The molecule has 0 aromatic heterocycles. The van der Waals surface area contributed by atoms with Crippen molar-refractivity contribution < 1.29 is 14.6 Å². The summed E-state index contributed by atoms with van der Waals surface area (Å²) in [6.45, 7) is 9.39. The van der Waals surface area contributed by atoms with Gasteiger partial charge in [0, 0.05) is 0 Å². The molecule has 2 N–H and O–H groups in total. The van der Waals surface area contributed by atoms with Crippen LogP contribution in [0.3, 0.4) is 0 Å². The first-order chi connectivity index (χ1) is 7.80. The van der Waals surface area contributed by atoms with Gasteiger partial charge in [-0.2, -0.15) is 0 Å². The molecule has 0 spiro atoms. The molecule has 4 heteroatoms. The summed E-state index contributed by atoms with van der Waals surface area (Å²) in [6.07, 6.45) is 4.63. The number of aliphatic carboxylic acids is 1. The van der Waals surface area contributed by atoms with E-state index in [1.54, 1.807) is 0 Å². The highest BCUT2D eigenvalue weighted by atomic mass is 16.5. The Morgan fingerprint density at radius 1 is 1.41 bits per heavy atom. The molecule has 0 aromatic rings.